The van der Waals surface area contributed by atoms with Gasteiger partial charge in [0.15, 0.2) is 0 Å². The lowest BCUT2D eigenvalue weighted by atomic mass is 10.1. The van der Waals surface area contributed by atoms with Crippen molar-refractivity contribution in [3.05, 3.63) is 12.2 Å². The highest BCUT2D eigenvalue weighted by molar-refractivity contribution is 4.81. The van der Waals surface area contributed by atoms with Crippen molar-refractivity contribution in [1.29, 1.82) is 0 Å². The highest BCUT2D eigenvalue weighted by atomic mass is 16.3. The molecular formula is C23H48N2O. The van der Waals surface area contributed by atoms with E-state index in [1.54, 1.807) is 0 Å². The second-order valence-corrected chi connectivity index (χ2v) is 7.72. The standard InChI is InChI=1S/C23H48N2O/c1-3-4-5-6-7-8-9-10-11-12-13-14-15-16-17-18-19-24-22-23(2)25-20-21-26/h10-11,23-26H,3-9,12-22H2,1-2H3. The average molecular weight is 369 g/mol. The van der Waals surface area contributed by atoms with E-state index in [2.05, 4.69) is 36.6 Å². The van der Waals surface area contributed by atoms with Crippen molar-refractivity contribution < 1.29 is 5.11 Å². The molecule has 0 spiro atoms. The van der Waals surface area contributed by atoms with Gasteiger partial charge in [-0.1, -0.05) is 76.9 Å². The number of aliphatic hydroxyl groups excluding tert-OH is 1. The summed E-state index contributed by atoms with van der Waals surface area (Å²) in [6.45, 7) is 7.46. The molecule has 0 saturated heterocycles. The molecule has 0 aliphatic heterocycles. The second kappa shape index (κ2) is 22.7. The Morgan fingerprint density at radius 2 is 1.27 bits per heavy atom. The molecule has 0 aliphatic carbocycles. The number of hydrogen-bond donors (Lipinski definition) is 3. The number of aliphatic hydroxyl groups is 1. The third-order valence-electron chi connectivity index (χ3n) is 4.92. The molecule has 3 heteroatoms. The molecule has 156 valence electrons. The van der Waals surface area contributed by atoms with E-state index < -0.39 is 0 Å². The summed E-state index contributed by atoms with van der Waals surface area (Å²) in [5.74, 6) is 0. The highest BCUT2D eigenvalue weighted by Crippen LogP contribution is 2.09. The number of allylic oxidation sites excluding steroid dienone is 2. The molecule has 0 fully saturated rings. The molecule has 0 aromatic heterocycles. The van der Waals surface area contributed by atoms with E-state index in [9.17, 15) is 0 Å². The van der Waals surface area contributed by atoms with Gasteiger partial charge in [0, 0.05) is 19.1 Å². The Kier molecular flexibility index (Phi) is 22.3. The van der Waals surface area contributed by atoms with E-state index in [0.717, 1.165) is 13.1 Å². The molecule has 0 bridgehead atoms. The van der Waals surface area contributed by atoms with Crippen LogP contribution in [0.3, 0.4) is 0 Å². The minimum absolute atomic E-state index is 0.221. The zero-order valence-corrected chi connectivity index (χ0v) is 17.9. The number of nitrogens with one attached hydrogen (secondary N) is 2. The number of hydrogen-bond acceptors (Lipinski definition) is 3. The monoisotopic (exact) mass is 368 g/mol. The zero-order chi connectivity index (χ0) is 19.1. The van der Waals surface area contributed by atoms with Gasteiger partial charge in [0.05, 0.1) is 6.61 Å². The van der Waals surface area contributed by atoms with Gasteiger partial charge in [-0.05, 0) is 45.6 Å². The molecule has 0 amide bonds. The summed E-state index contributed by atoms with van der Waals surface area (Å²) in [5.41, 5.74) is 0. The predicted octanol–water partition coefficient (Wildman–Crippen LogP) is 5.58. The van der Waals surface area contributed by atoms with E-state index in [1.165, 1.54) is 89.9 Å². The fourth-order valence-corrected chi connectivity index (χ4v) is 3.20. The molecule has 1 unspecified atom stereocenters. The molecule has 0 radical (unpaired) electrons. The van der Waals surface area contributed by atoms with Crippen LogP contribution in [0.1, 0.15) is 104 Å². The van der Waals surface area contributed by atoms with Crippen LogP contribution in [0.5, 0.6) is 0 Å². The number of unbranched alkanes of at least 4 members (excludes halogenated alkanes) is 12. The SMILES string of the molecule is CCCCCCCCC=CCCCCCCCCNCC(C)NCCO. The van der Waals surface area contributed by atoms with Crippen LogP contribution in [0.15, 0.2) is 12.2 Å². The Morgan fingerprint density at radius 3 is 1.85 bits per heavy atom. The summed E-state index contributed by atoms with van der Waals surface area (Å²) in [6.07, 6.45) is 23.9. The Morgan fingerprint density at radius 1 is 0.731 bits per heavy atom. The van der Waals surface area contributed by atoms with Crippen LogP contribution in [0.2, 0.25) is 0 Å². The largest absolute Gasteiger partial charge is 0.395 e. The van der Waals surface area contributed by atoms with Crippen LogP contribution < -0.4 is 10.6 Å². The van der Waals surface area contributed by atoms with Gasteiger partial charge in [0.2, 0.25) is 0 Å². The maximum Gasteiger partial charge on any atom is 0.0556 e. The van der Waals surface area contributed by atoms with E-state index in [1.807, 2.05) is 0 Å². The first-order valence-electron chi connectivity index (χ1n) is 11.5. The molecular weight excluding hydrogens is 320 g/mol. The third-order valence-corrected chi connectivity index (χ3v) is 4.92. The fraction of sp³-hybridized carbons (Fsp3) is 0.913. The lowest BCUT2D eigenvalue weighted by Crippen LogP contribution is -2.38. The Labute approximate surface area is 164 Å². The van der Waals surface area contributed by atoms with Gasteiger partial charge >= 0.3 is 0 Å². The van der Waals surface area contributed by atoms with Gasteiger partial charge < -0.3 is 15.7 Å². The molecule has 0 aromatic carbocycles. The Bertz CT molecular complexity index is 281. The maximum atomic E-state index is 8.76. The summed E-state index contributed by atoms with van der Waals surface area (Å²) in [5, 5.41) is 15.5. The summed E-state index contributed by atoms with van der Waals surface area (Å²) in [4.78, 5) is 0. The van der Waals surface area contributed by atoms with Crippen molar-refractivity contribution in [3.63, 3.8) is 0 Å². The van der Waals surface area contributed by atoms with E-state index in [0.29, 0.717) is 12.6 Å². The third kappa shape index (κ3) is 21.7. The van der Waals surface area contributed by atoms with Gasteiger partial charge in [-0.2, -0.15) is 0 Å². The predicted molar refractivity (Wildman–Crippen MR) is 117 cm³/mol. The topological polar surface area (TPSA) is 44.3 Å². The maximum absolute atomic E-state index is 8.76. The lowest BCUT2D eigenvalue weighted by Gasteiger charge is -2.13. The van der Waals surface area contributed by atoms with Crippen molar-refractivity contribution in [1.82, 2.24) is 10.6 Å². The quantitative estimate of drug-likeness (QED) is 0.183. The van der Waals surface area contributed by atoms with E-state index in [-0.39, 0.29) is 6.61 Å². The van der Waals surface area contributed by atoms with Gasteiger partial charge in [0.1, 0.15) is 0 Å². The Balaban J connectivity index is 3.11. The zero-order valence-electron chi connectivity index (χ0n) is 17.9. The van der Waals surface area contributed by atoms with Crippen LogP contribution >= 0.6 is 0 Å². The first-order chi connectivity index (χ1) is 12.8. The van der Waals surface area contributed by atoms with Crippen molar-refractivity contribution >= 4 is 0 Å². The first kappa shape index (κ1) is 25.6. The highest BCUT2D eigenvalue weighted by Gasteiger charge is 1.98. The molecule has 0 aromatic rings. The molecule has 26 heavy (non-hydrogen) atoms. The minimum atomic E-state index is 0.221. The van der Waals surface area contributed by atoms with Crippen molar-refractivity contribution in [3.8, 4) is 0 Å². The molecule has 0 aliphatic rings. The molecule has 1 atom stereocenters. The minimum Gasteiger partial charge on any atom is -0.395 e. The fourth-order valence-electron chi connectivity index (χ4n) is 3.20. The molecule has 0 heterocycles. The summed E-state index contributed by atoms with van der Waals surface area (Å²) >= 11 is 0. The summed E-state index contributed by atoms with van der Waals surface area (Å²) in [7, 11) is 0. The molecule has 3 N–H and O–H groups in total. The van der Waals surface area contributed by atoms with Gasteiger partial charge in [0.25, 0.3) is 0 Å². The van der Waals surface area contributed by atoms with E-state index >= 15 is 0 Å². The van der Waals surface area contributed by atoms with Crippen LogP contribution in [0, 0.1) is 0 Å². The van der Waals surface area contributed by atoms with Crippen LogP contribution in [-0.2, 0) is 0 Å². The lowest BCUT2D eigenvalue weighted by molar-refractivity contribution is 0.285. The van der Waals surface area contributed by atoms with Crippen LogP contribution in [-0.4, -0.2) is 37.4 Å². The molecule has 0 rings (SSSR count). The summed E-state index contributed by atoms with van der Waals surface area (Å²) in [6, 6.07) is 0.441. The van der Waals surface area contributed by atoms with Crippen LogP contribution in [0.25, 0.3) is 0 Å². The van der Waals surface area contributed by atoms with E-state index in [4.69, 9.17) is 5.11 Å². The van der Waals surface area contributed by atoms with Crippen LogP contribution in [0.4, 0.5) is 0 Å². The molecule has 3 nitrogen and oxygen atoms in total. The van der Waals surface area contributed by atoms with Crippen molar-refractivity contribution in [2.75, 3.05) is 26.2 Å². The van der Waals surface area contributed by atoms with Gasteiger partial charge in [-0.3, -0.25) is 0 Å². The average Bonchev–Trinajstić information content (AvgIpc) is 2.65. The summed E-state index contributed by atoms with van der Waals surface area (Å²) < 4.78 is 0. The van der Waals surface area contributed by atoms with Gasteiger partial charge in [-0.15, -0.1) is 0 Å². The molecule has 0 saturated carbocycles. The van der Waals surface area contributed by atoms with Crippen molar-refractivity contribution in [2.24, 2.45) is 0 Å². The normalized spacial score (nSPS) is 12.9. The smallest absolute Gasteiger partial charge is 0.0556 e. The first-order valence-corrected chi connectivity index (χ1v) is 11.5. The van der Waals surface area contributed by atoms with Crippen molar-refractivity contribution in [2.45, 2.75) is 110 Å². The Hall–Kier alpha value is -0.380. The number of rotatable bonds is 21. The van der Waals surface area contributed by atoms with Gasteiger partial charge in [-0.25, -0.2) is 0 Å². The second-order valence-electron chi connectivity index (χ2n) is 7.72.